The standard InChI is InChI=1S/C19H26N2/c1-13(2)15-9-10-19(17(11-15)14(3)4)21-12-16-7-5-6-8-18(16)20/h5-11,13-14,21H,12,20H2,1-4H3. The summed E-state index contributed by atoms with van der Waals surface area (Å²) < 4.78 is 0. The second-order valence-corrected chi connectivity index (χ2v) is 6.21. The van der Waals surface area contributed by atoms with Crippen molar-refractivity contribution < 1.29 is 0 Å². The summed E-state index contributed by atoms with van der Waals surface area (Å²) in [4.78, 5) is 0. The fourth-order valence-electron chi connectivity index (χ4n) is 2.46. The quantitative estimate of drug-likeness (QED) is 0.746. The second kappa shape index (κ2) is 6.66. The molecule has 0 aliphatic carbocycles. The first-order chi connectivity index (χ1) is 9.99. The largest absolute Gasteiger partial charge is 0.398 e. The van der Waals surface area contributed by atoms with Crippen molar-refractivity contribution >= 4 is 11.4 Å². The van der Waals surface area contributed by atoms with Gasteiger partial charge in [-0.2, -0.15) is 0 Å². The maximum atomic E-state index is 6.01. The molecule has 0 aliphatic heterocycles. The minimum absolute atomic E-state index is 0.499. The Morgan fingerprint density at radius 3 is 2.29 bits per heavy atom. The highest BCUT2D eigenvalue weighted by atomic mass is 14.9. The molecule has 2 nitrogen and oxygen atoms in total. The number of para-hydroxylation sites is 1. The molecule has 0 saturated carbocycles. The van der Waals surface area contributed by atoms with Crippen LogP contribution in [0.4, 0.5) is 11.4 Å². The van der Waals surface area contributed by atoms with E-state index in [0.717, 1.165) is 17.8 Å². The number of nitrogen functional groups attached to an aromatic ring is 1. The average molecular weight is 282 g/mol. The Balaban J connectivity index is 2.21. The average Bonchev–Trinajstić information content (AvgIpc) is 2.46. The van der Waals surface area contributed by atoms with Gasteiger partial charge < -0.3 is 11.1 Å². The Kier molecular flexibility index (Phi) is 4.89. The van der Waals surface area contributed by atoms with Crippen LogP contribution in [0.3, 0.4) is 0 Å². The summed E-state index contributed by atoms with van der Waals surface area (Å²) in [5.41, 5.74) is 12.0. The van der Waals surface area contributed by atoms with Crippen molar-refractivity contribution in [2.75, 3.05) is 11.1 Å². The van der Waals surface area contributed by atoms with Crippen LogP contribution < -0.4 is 11.1 Å². The van der Waals surface area contributed by atoms with Crippen molar-refractivity contribution in [3.8, 4) is 0 Å². The Hall–Kier alpha value is -1.96. The molecule has 112 valence electrons. The lowest BCUT2D eigenvalue weighted by molar-refractivity contribution is 0.833. The lowest BCUT2D eigenvalue weighted by Crippen LogP contribution is -2.06. The van der Waals surface area contributed by atoms with Crippen LogP contribution in [-0.4, -0.2) is 0 Å². The van der Waals surface area contributed by atoms with Crippen molar-refractivity contribution in [3.05, 3.63) is 59.2 Å². The minimum Gasteiger partial charge on any atom is -0.398 e. The van der Waals surface area contributed by atoms with Crippen molar-refractivity contribution in [1.29, 1.82) is 0 Å². The molecule has 0 aliphatic rings. The lowest BCUT2D eigenvalue weighted by Gasteiger charge is -2.18. The minimum atomic E-state index is 0.499. The zero-order chi connectivity index (χ0) is 15.4. The number of anilines is 2. The van der Waals surface area contributed by atoms with Crippen LogP contribution in [0.15, 0.2) is 42.5 Å². The van der Waals surface area contributed by atoms with Gasteiger partial charge in [0.1, 0.15) is 0 Å². The van der Waals surface area contributed by atoms with E-state index >= 15 is 0 Å². The van der Waals surface area contributed by atoms with E-state index in [1.165, 1.54) is 16.8 Å². The summed E-state index contributed by atoms with van der Waals surface area (Å²) in [7, 11) is 0. The van der Waals surface area contributed by atoms with Crippen molar-refractivity contribution in [1.82, 2.24) is 0 Å². The normalized spacial score (nSPS) is 11.1. The van der Waals surface area contributed by atoms with Crippen LogP contribution in [0, 0.1) is 0 Å². The van der Waals surface area contributed by atoms with Gasteiger partial charge in [0.2, 0.25) is 0 Å². The highest BCUT2D eigenvalue weighted by Gasteiger charge is 2.10. The van der Waals surface area contributed by atoms with Crippen molar-refractivity contribution in [2.45, 2.75) is 46.1 Å². The molecule has 2 aromatic rings. The molecule has 0 saturated heterocycles. The summed E-state index contributed by atoms with van der Waals surface area (Å²) >= 11 is 0. The fourth-order valence-corrected chi connectivity index (χ4v) is 2.46. The number of benzene rings is 2. The fraction of sp³-hybridized carbons (Fsp3) is 0.368. The number of nitrogens with two attached hydrogens (primary N) is 1. The molecule has 21 heavy (non-hydrogen) atoms. The molecule has 2 aromatic carbocycles. The monoisotopic (exact) mass is 282 g/mol. The van der Waals surface area contributed by atoms with Gasteiger partial charge in [0.05, 0.1) is 0 Å². The maximum absolute atomic E-state index is 6.01. The Morgan fingerprint density at radius 2 is 1.67 bits per heavy atom. The Morgan fingerprint density at radius 1 is 0.952 bits per heavy atom. The lowest BCUT2D eigenvalue weighted by atomic mass is 9.94. The number of nitrogens with one attached hydrogen (secondary N) is 1. The topological polar surface area (TPSA) is 38.0 Å². The summed E-state index contributed by atoms with van der Waals surface area (Å²) in [5.74, 6) is 1.06. The van der Waals surface area contributed by atoms with Crippen LogP contribution in [-0.2, 0) is 6.54 Å². The summed E-state index contributed by atoms with van der Waals surface area (Å²) in [6, 6.07) is 14.7. The smallest absolute Gasteiger partial charge is 0.0421 e. The summed E-state index contributed by atoms with van der Waals surface area (Å²) in [5, 5.41) is 3.54. The van der Waals surface area contributed by atoms with Gasteiger partial charge in [-0.1, -0.05) is 58.0 Å². The molecular weight excluding hydrogens is 256 g/mol. The van der Waals surface area contributed by atoms with Gasteiger partial charge in [-0.25, -0.2) is 0 Å². The van der Waals surface area contributed by atoms with Gasteiger partial charge in [-0.15, -0.1) is 0 Å². The molecular formula is C19H26N2. The third kappa shape index (κ3) is 3.78. The van der Waals surface area contributed by atoms with Crippen LogP contribution in [0.5, 0.6) is 0 Å². The second-order valence-electron chi connectivity index (χ2n) is 6.21. The zero-order valence-electron chi connectivity index (χ0n) is 13.5. The van der Waals surface area contributed by atoms with Gasteiger partial charge in [-0.05, 0) is 40.7 Å². The number of hydrogen-bond acceptors (Lipinski definition) is 2. The first-order valence-electron chi connectivity index (χ1n) is 7.70. The van der Waals surface area contributed by atoms with Gasteiger partial charge in [0.15, 0.2) is 0 Å². The Bertz CT molecular complexity index is 600. The van der Waals surface area contributed by atoms with E-state index in [4.69, 9.17) is 5.73 Å². The number of hydrogen-bond donors (Lipinski definition) is 2. The van der Waals surface area contributed by atoms with Crippen LogP contribution in [0.25, 0.3) is 0 Å². The molecule has 0 bridgehead atoms. The van der Waals surface area contributed by atoms with Crippen LogP contribution in [0.1, 0.15) is 56.2 Å². The van der Waals surface area contributed by atoms with Gasteiger partial charge in [0.25, 0.3) is 0 Å². The van der Waals surface area contributed by atoms with Gasteiger partial charge in [0, 0.05) is 17.9 Å². The van der Waals surface area contributed by atoms with E-state index in [-0.39, 0.29) is 0 Å². The molecule has 0 amide bonds. The molecule has 0 atom stereocenters. The number of rotatable bonds is 5. The zero-order valence-corrected chi connectivity index (χ0v) is 13.5. The summed E-state index contributed by atoms with van der Waals surface area (Å²) in [6.45, 7) is 9.70. The van der Waals surface area contributed by atoms with Crippen LogP contribution >= 0.6 is 0 Å². The molecule has 3 N–H and O–H groups in total. The molecule has 0 spiro atoms. The van der Waals surface area contributed by atoms with Crippen molar-refractivity contribution in [3.63, 3.8) is 0 Å². The maximum Gasteiger partial charge on any atom is 0.0421 e. The highest BCUT2D eigenvalue weighted by Crippen LogP contribution is 2.29. The van der Waals surface area contributed by atoms with E-state index in [9.17, 15) is 0 Å². The third-order valence-corrected chi connectivity index (χ3v) is 3.89. The Labute approximate surface area is 128 Å². The van der Waals surface area contributed by atoms with Crippen molar-refractivity contribution in [2.24, 2.45) is 0 Å². The molecule has 0 radical (unpaired) electrons. The van der Waals surface area contributed by atoms with Gasteiger partial charge >= 0.3 is 0 Å². The van der Waals surface area contributed by atoms with E-state index in [0.29, 0.717) is 11.8 Å². The van der Waals surface area contributed by atoms with E-state index < -0.39 is 0 Å². The molecule has 2 rings (SSSR count). The molecule has 0 aromatic heterocycles. The van der Waals surface area contributed by atoms with E-state index in [2.05, 4.69) is 57.3 Å². The summed E-state index contributed by atoms with van der Waals surface area (Å²) in [6.07, 6.45) is 0. The SMILES string of the molecule is CC(C)c1ccc(NCc2ccccc2N)c(C(C)C)c1. The third-order valence-electron chi connectivity index (χ3n) is 3.89. The van der Waals surface area contributed by atoms with Crippen LogP contribution in [0.2, 0.25) is 0 Å². The first-order valence-corrected chi connectivity index (χ1v) is 7.70. The predicted molar refractivity (Wildman–Crippen MR) is 92.8 cm³/mol. The predicted octanol–water partition coefficient (Wildman–Crippen LogP) is 5.13. The molecule has 0 heterocycles. The first kappa shape index (κ1) is 15.4. The highest BCUT2D eigenvalue weighted by molar-refractivity contribution is 5.56. The molecule has 0 fully saturated rings. The van der Waals surface area contributed by atoms with E-state index in [1.807, 2.05) is 18.2 Å². The van der Waals surface area contributed by atoms with E-state index in [1.54, 1.807) is 0 Å². The molecule has 0 unspecified atom stereocenters. The van der Waals surface area contributed by atoms with Gasteiger partial charge in [-0.3, -0.25) is 0 Å². The molecule has 2 heteroatoms.